The van der Waals surface area contributed by atoms with E-state index in [9.17, 15) is 10.1 Å². The summed E-state index contributed by atoms with van der Waals surface area (Å²) in [6.45, 7) is 0.961. The second-order valence-corrected chi connectivity index (χ2v) is 6.86. The van der Waals surface area contributed by atoms with Crippen molar-refractivity contribution in [3.63, 3.8) is 0 Å². The van der Waals surface area contributed by atoms with Gasteiger partial charge in [0.1, 0.15) is 17.8 Å². The number of benzene rings is 2. The van der Waals surface area contributed by atoms with E-state index in [1.54, 1.807) is 0 Å². The quantitative estimate of drug-likeness (QED) is 0.844. The van der Waals surface area contributed by atoms with Crippen LogP contribution in [-0.4, -0.2) is 5.91 Å². The first kappa shape index (κ1) is 18.0. The van der Waals surface area contributed by atoms with Crippen molar-refractivity contribution >= 4 is 5.91 Å². The summed E-state index contributed by atoms with van der Waals surface area (Å²) in [4.78, 5) is 12.5. The minimum Gasteiger partial charge on any atom is -0.489 e. The highest BCUT2D eigenvalue weighted by atomic mass is 16.5. The summed E-state index contributed by atoms with van der Waals surface area (Å²) < 4.78 is 5.77. The molecule has 1 N–H and O–H groups in total. The smallest absolute Gasteiger partial charge is 0.240 e. The lowest BCUT2D eigenvalue weighted by molar-refractivity contribution is -0.129. The summed E-state index contributed by atoms with van der Waals surface area (Å²) >= 11 is 0. The minimum absolute atomic E-state index is 0.135. The lowest BCUT2D eigenvalue weighted by Crippen LogP contribution is -2.41. The number of rotatable bonds is 6. The van der Waals surface area contributed by atoms with Gasteiger partial charge < -0.3 is 10.1 Å². The third kappa shape index (κ3) is 4.43. The molecule has 2 aromatic carbocycles. The molecule has 1 amide bonds. The van der Waals surface area contributed by atoms with Gasteiger partial charge in [0.15, 0.2) is 0 Å². The van der Waals surface area contributed by atoms with Crippen molar-refractivity contribution in [2.45, 2.75) is 45.3 Å². The zero-order valence-electron chi connectivity index (χ0n) is 14.9. The van der Waals surface area contributed by atoms with E-state index in [2.05, 4.69) is 11.4 Å². The first-order valence-corrected chi connectivity index (χ1v) is 9.17. The van der Waals surface area contributed by atoms with Crippen LogP contribution in [0.2, 0.25) is 0 Å². The van der Waals surface area contributed by atoms with Gasteiger partial charge in [-0.2, -0.15) is 5.26 Å². The molecule has 4 nitrogen and oxygen atoms in total. The normalized spacial score (nSPS) is 15.7. The zero-order chi connectivity index (χ0) is 18.2. The van der Waals surface area contributed by atoms with E-state index >= 15 is 0 Å². The predicted molar refractivity (Wildman–Crippen MR) is 100 cm³/mol. The maximum Gasteiger partial charge on any atom is 0.240 e. The third-order valence-electron chi connectivity index (χ3n) is 4.98. The summed E-state index contributed by atoms with van der Waals surface area (Å²) in [5, 5.41) is 12.4. The van der Waals surface area contributed by atoms with E-state index in [0.29, 0.717) is 26.0 Å². The number of carbonyl (C=O) groups is 1. The number of carbonyl (C=O) groups excluding carboxylic acids is 1. The van der Waals surface area contributed by atoms with E-state index in [4.69, 9.17) is 4.74 Å². The molecule has 2 aromatic rings. The number of hydrogen-bond donors (Lipinski definition) is 1. The standard InChI is InChI=1S/C22H24N2O2/c23-17-22(13-5-2-6-14-22)21(25)24-15-18-9-11-20(12-10-18)26-16-19-7-3-1-4-8-19/h1,3-4,7-12H,2,5-6,13-16H2,(H,24,25). The van der Waals surface area contributed by atoms with Crippen LogP contribution >= 0.6 is 0 Å². The Balaban J connectivity index is 1.51. The summed E-state index contributed by atoms with van der Waals surface area (Å²) in [6, 6.07) is 20.0. The molecule has 1 aliphatic rings. The van der Waals surface area contributed by atoms with E-state index in [1.807, 2.05) is 54.6 Å². The van der Waals surface area contributed by atoms with E-state index in [1.165, 1.54) is 0 Å². The summed E-state index contributed by atoms with van der Waals surface area (Å²) in [6.07, 6.45) is 4.35. The van der Waals surface area contributed by atoms with Crippen LogP contribution in [0.25, 0.3) is 0 Å². The molecule has 3 rings (SSSR count). The fraction of sp³-hybridized carbons (Fsp3) is 0.364. The first-order chi connectivity index (χ1) is 12.7. The first-order valence-electron chi connectivity index (χ1n) is 9.17. The van der Waals surface area contributed by atoms with E-state index < -0.39 is 5.41 Å². The molecule has 0 aliphatic heterocycles. The molecule has 0 bridgehead atoms. The van der Waals surface area contributed by atoms with Gasteiger partial charge in [-0.05, 0) is 36.1 Å². The lowest BCUT2D eigenvalue weighted by Gasteiger charge is -2.29. The number of nitrogens with zero attached hydrogens (tertiary/aromatic N) is 1. The van der Waals surface area contributed by atoms with Gasteiger partial charge in [-0.3, -0.25) is 4.79 Å². The Kier molecular flexibility index (Phi) is 5.91. The Morgan fingerprint density at radius 1 is 1.00 bits per heavy atom. The number of ether oxygens (including phenoxy) is 1. The molecule has 0 aromatic heterocycles. The van der Waals surface area contributed by atoms with Gasteiger partial charge in [-0.25, -0.2) is 0 Å². The largest absolute Gasteiger partial charge is 0.489 e. The Bertz CT molecular complexity index is 757. The molecule has 1 aliphatic carbocycles. The van der Waals surface area contributed by atoms with Gasteiger partial charge in [-0.15, -0.1) is 0 Å². The summed E-state index contributed by atoms with van der Waals surface area (Å²) in [5.74, 6) is 0.661. The van der Waals surface area contributed by atoms with E-state index in [-0.39, 0.29) is 5.91 Å². The van der Waals surface area contributed by atoms with Gasteiger partial charge in [0.05, 0.1) is 6.07 Å². The average molecular weight is 348 g/mol. The molecule has 0 radical (unpaired) electrons. The second kappa shape index (κ2) is 8.53. The Hall–Kier alpha value is -2.80. The van der Waals surface area contributed by atoms with Crippen molar-refractivity contribution in [3.8, 4) is 11.8 Å². The Labute approximate surface area is 154 Å². The predicted octanol–water partition coefficient (Wildman–Crippen LogP) is 4.36. The second-order valence-electron chi connectivity index (χ2n) is 6.86. The van der Waals surface area contributed by atoms with Crippen molar-refractivity contribution in [2.75, 3.05) is 0 Å². The Morgan fingerprint density at radius 3 is 2.35 bits per heavy atom. The fourth-order valence-electron chi connectivity index (χ4n) is 3.34. The lowest BCUT2D eigenvalue weighted by atomic mass is 9.74. The van der Waals surface area contributed by atoms with Crippen LogP contribution in [0.3, 0.4) is 0 Å². The fourth-order valence-corrected chi connectivity index (χ4v) is 3.34. The van der Waals surface area contributed by atoms with Crippen LogP contribution in [0.5, 0.6) is 5.75 Å². The van der Waals surface area contributed by atoms with E-state index in [0.717, 1.165) is 36.1 Å². The molecule has 0 heterocycles. The zero-order valence-corrected chi connectivity index (χ0v) is 14.9. The molecule has 134 valence electrons. The van der Waals surface area contributed by atoms with Crippen molar-refractivity contribution in [3.05, 3.63) is 65.7 Å². The topological polar surface area (TPSA) is 62.1 Å². The SMILES string of the molecule is N#CC1(C(=O)NCc2ccc(OCc3ccccc3)cc2)CCCCC1. The maximum absolute atomic E-state index is 12.5. The van der Waals surface area contributed by atoms with Gasteiger partial charge in [0.25, 0.3) is 0 Å². The van der Waals surface area contributed by atoms with Gasteiger partial charge in [0, 0.05) is 6.54 Å². The number of amides is 1. The van der Waals surface area contributed by atoms with Gasteiger partial charge in [-0.1, -0.05) is 61.7 Å². The third-order valence-corrected chi connectivity index (χ3v) is 4.98. The molecule has 0 saturated heterocycles. The monoisotopic (exact) mass is 348 g/mol. The average Bonchev–Trinajstić information content (AvgIpc) is 2.72. The molecular formula is C22H24N2O2. The molecular weight excluding hydrogens is 324 g/mol. The molecule has 1 saturated carbocycles. The van der Waals surface area contributed by atoms with Gasteiger partial charge in [0.2, 0.25) is 5.91 Å². The maximum atomic E-state index is 12.5. The molecule has 26 heavy (non-hydrogen) atoms. The number of hydrogen-bond acceptors (Lipinski definition) is 3. The number of nitrogens with one attached hydrogen (secondary N) is 1. The highest BCUT2D eigenvalue weighted by Gasteiger charge is 2.39. The van der Waals surface area contributed by atoms with Crippen LogP contribution in [0.1, 0.15) is 43.2 Å². The van der Waals surface area contributed by atoms with Crippen LogP contribution in [-0.2, 0) is 17.9 Å². The van der Waals surface area contributed by atoms with Crippen molar-refractivity contribution in [1.82, 2.24) is 5.32 Å². The Morgan fingerprint density at radius 2 is 1.69 bits per heavy atom. The molecule has 0 spiro atoms. The highest BCUT2D eigenvalue weighted by molar-refractivity contribution is 5.85. The van der Waals surface area contributed by atoms with Crippen molar-refractivity contribution < 1.29 is 9.53 Å². The molecule has 1 fully saturated rings. The van der Waals surface area contributed by atoms with Gasteiger partial charge >= 0.3 is 0 Å². The minimum atomic E-state index is -0.836. The molecule has 0 atom stereocenters. The van der Waals surface area contributed by atoms with Crippen LogP contribution in [0.4, 0.5) is 0 Å². The molecule has 4 heteroatoms. The number of nitriles is 1. The summed E-state index contributed by atoms with van der Waals surface area (Å²) in [7, 11) is 0. The van der Waals surface area contributed by atoms with Crippen LogP contribution in [0, 0.1) is 16.7 Å². The highest BCUT2D eigenvalue weighted by Crippen LogP contribution is 2.35. The van der Waals surface area contributed by atoms with Crippen molar-refractivity contribution in [1.29, 1.82) is 5.26 Å². The summed E-state index contributed by atoms with van der Waals surface area (Å²) in [5.41, 5.74) is 1.28. The molecule has 0 unspecified atom stereocenters. The van der Waals surface area contributed by atoms with Crippen LogP contribution < -0.4 is 10.1 Å². The van der Waals surface area contributed by atoms with Crippen molar-refractivity contribution in [2.24, 2.45) is 5.41 Å². The van der Waals surface area contributed by atoms with Crippen LogP contribution in [0.15, 0.2) is 54.6 Å².